The second kappa shape index (κ2) is 7.51. The molecule has 0 aliphatic carbocycles. The highest BCUT2D eigenvalue weighted by atomic mass is 35.5. The van der Waals surface area contributed by atoms with Crippen LogP contribution in [-0.2, 0) is 5.60 Å². The number of likely N-dealkylation sites (tertiary alicyclic amines) is 1. The van der Waals surface area contributed by atoms with E-state index in [1.54, 1.807) is 49.4 Å². The number of anilines is 1. The van der Waals surface area contributed by atoms with E-state index in [0.717, 1.165) is 17.7 Å². The van der Waals surface area contributed by atoms with Crippen LogP contribution in [0.4, 0.5) is 10.5 Å². The first-order valence-electron chi connectivity index (χ1n) is 8.48. The van der Waals surface area contributed by atoms with Gasteiger partial charge >= 0.3 is 6.03 Å². The van der Waals surface area contributed by atoms with Crippen LogP contribution in [0, 0.1) is 0 Å². The number of amides is 2. The van der Waals surface area contributed by atoms with E-state index in [0.29, 0.717) is 18.7 Å². The predicted molar refractivity (Wildman–Crippen MR) is 101 cm³/mol. The van der Waals surface area contributed by atoms with E-state index in [1.807, 2.05) is 12.1 Å². The van der Waals surface area contributed by atoms with Crippen LogP contribution in [0.5, 0.6) is 5.75 Å². The molecule has 2 atom stereocenters. The van der Waals surface area contributed by atoms with Crippen molar-refractivity contribution in [3.8, 4) is 5.75 Å². The Bertz CT molecular complexity index is 780. The number of nitrogens with one attached hydrogen (secondary N) is 1. The number of carbonyl (C=O) groups is 1. The second-order valence-corrected chi connectivity index (χ2v) is 6.86. The maximum absolute atomic E-state index is 12.8. The molecule has 7 heteroatoms. The van der Waals surface area contributed by atoms with Crippen LogP contribution in [0.15, 0.2) is 42.6 Å². The number of pyridine rings is 1. The average molecular weight is 376 g/mol. The summed E-state index contributed by atoms with van der Waals surface area (Å²) < 4.78 is 5.17. The fourth-order valence-corrected chi connectivity index (χ4v) is 3.55. The van der Waals surface area contributed by atoms with Crippen LogP contribution in [0.1, 0.15) is 25.3 Å². The molecule has 0 unspecified atom stereocenters. The molecule has 2 amide bonds. The van der Waals surface area contributed by atoms with Gasteiger partial charge in [-0.05, 0) is 49.6 Å². The zero-order chi connectivity index (χ0) is 18.7. The highest BCUT2D eigenvalue weighted by Crippen LogP contribution is 2.35. The Morgan fingerprint density at radius 1 is 1.38 bits per heavy atom. The van der Waals surface area contributed by atoms with E-state index in [-0.39, 0.29) is 17.2 Å². The Balaban J connectivity index is 1.79. The summed E-state index contributed by atoms with van der Waals surface area (Å²) in [5.74, 6) is 0.719. The second-order valence-electron chi connectivity index (χ2n) is 6.50. The molecule has 0 radical (unpaired) electrons. The Hall–Kier alpha value is -2.31. The summed E-state index contributed by atoms with van der Waals surface area (Å²) >= 11 is 6.02. The van der Waals surface area contributed by atoms with Crippen molar-refractivity contribution in [3.63, 3.8) is 0 Å². The summed E-state index contributed by atoms with van der Waals surface area (Å²) in [6.45, 7) is 2.31. The van der Waals surface area contributed by atoms with E-state index in [4.69, 9.17) is 16.3 Å². The number of nitrogens with zero attached hydrogens (tertiary/aromatic N) is 2. The van der Waals surface area contributed by atoms with Crippen LogP contribution in [-0.4, -0.2) is 40.7 Å². The summed E-state index contributed by atoms with van der Waals surface area (Å²) in [4.78, 5) is 18.4. The van der Waals surface area contributed by atoms with Gasteiger partial charge in [0.15, 0.2) is 5.15 Å². The van der Waals surface area contributed by atoms with Gasteiger partial charge in [0.25, 0.3) is 0 Å². The molecule has 3 rings (SSSR count). The largest absolute Gasteiger partial charge is 0.497 e. The van der Waals surface area contributed by atoms with Gasteiger partial charge in [0.05, 0.1) is 18.8 Å². The molecule has 6 nitrogen and oxygen atoms in total. The van der Waals surface area contributed by atoms with E-state index >= 15 is 0 Å². The molecule has 2 heterocycles. The van der Waals surface area contributed by atoms with Crippen LogP contribution in [0.3, 0.4) is 0 Å². The maximum atomic E-state index is 12.8. The average Bonchev–Trinajstić information content (AvgIpc) is 3.14. The van der Waals surface area contributed by atoms with Crippen LogP contribution < -0.4 is 10.1 Å². The standard InChI is InChI=1S/C19H22ClN3O3/c1-19(25,13-7-9-14(26-2)10-8-13)16-6-4-12-23(16)18(24)22-15-5-3-11-21-17(15)20/h3,5,7-11,16,25H,4,6,12H2,1-2H3,(H,22,24)/t16-,19+/m0/s1. The molecule has 2 N–H and O–H groups in total. The van der Waals surface area contributed by atoms with E-state index in [2.05, 4.69) is 10.3 Å². The van der Waals surface area contributed by atoms with E-state index in [1.165, 1.54) is 0 Å². The molecular formula is C19H22ClN3O3. The van der Waals surface area contributed by atoms with E-state index < -0.39 is 5.60 Å². The van der Waals surface area contributed by atoms with Crippen molar-refractivity contribution >= 4 is 23.3 Å². The number of rotatable bonds is 4. The SMILES string of the molecule is COc1ccc([C@@](C)(O)[C@@H]2CCCN2C(=O)Nc2cccnc2Cl)cc1. The number of hydrogen-bond donors (Lipinski definition) is 2. The minimum Gasteiger partial charge on any atom is -0.497 e. The lowest BCUT2D eigenvalue weighted by Gasteiger charge is -2.37. The van der Waals surface area contributed by atoms with Gasteiger partial charge in [-0.1, -0.05) is 23.7 Å². The molecule has 1 fully saturated rings. The van der Waals surface area contributed by atoms with Crippen LogP contribution in [0.2, 0.25) is 5.15 Å². The van der Waals surface area contributed by atoms with Crippen molar-refractivity contribution in [1.29, 1.82) is 0 Å². The minimum absolute atomic E-state index is 0.235. The first kappa shape index (κ1) is 18.5. The summed E-state index contributed by atoms with van der Waals surface area (Å²) in [5.41, 5.74) is 0.00933. The zero-order valence-electron chi connectivity index (χ0n) is 14.8. The highest BCUT2D eigenvalue weighted by Gasteiger charge is 2.42. The van der Waals surface area contributed by atoms with Crippen molar-refractivity contribution in [3.05, 3.63) is 53.3 Å². The van der Waals surface area contributed by atoms with Gasteiger partial charge in [-0.3, -0.25) is 0 Å². The number of ether oxygens (including phenoxy) is 1. The third-order valence-corrected chi connectivity index (χ3v) is 5.14. The van der Waals surface area contributed by atoms with Gasteiger partial charge in [-0.2, -0.15) is 0 Å². The topological polar surface area (TPSA) is 74.7 Å². The number of carbonyl (C=O) groups excluding carboxylic acids is 1. The molecule has 1 aliphatic heterocycles. The van der Waals surface area contributed by atoms with Crippen molar-refractivity contribution in [2.45, 2.75) is 31.4 Å². The molecule has 26 heavy (non-hydrogen) atoms. The van der Waals surface area contributed by atoms with Gasteiger partial charge in [0.1, 0.15) is 11.4 Å². The van der Waals surface area contributed by atoms with Crippen molar-refractivity contribution in [1.82, 2.24) is 9.88 Å². The Morgan fingerprint density at radius 3 is 2.77 bits per heavy atom. The minimum atomic E-state index is -1.18. The molecule has 1 aromatic heterocycles. The lowest BCUT2D eigenvalue weighted by molar-refractivity contribution is -0.00944. The van der Waals surface area contributed by atoms with E-state index in [9.17, 15) is 9.90 Å². The first-order valence-corrected chi connectivity index (χ1v) is 8.86. The van der Waals surface area contributed by atoms with Gasteiger partial charge in [0, 0.05) is 12.7 Å². The molecule has 138 valence electrons. The fourth-order valence-electron chi connectivity index (χ4n) is 3.38. The van der Waals surface area contributed by atoms with Crippen molar-refractivity contribution in [2.24, 2.45) is 0 Å². The van der Waals surface area contributed by atoms with Crippen LogP contribution >= 0.6 is 11.6 Å². The number of halogens is 1. The molecule has 1 saturated heterocycles. The molecule has 0 saturated carbocycles. The van der Waals surface area contributed by atoms with Gasteiger partial charge in [-0.15, -0.1) is 0 Å². The maximum Gasteiger partial charge on any atom is 0.322 e. The lowest BCUT2D eigenvalue weighted by atomic mass is 9.86. The summed E-state index contributed by atoms with van der Waals surface area (Å²) in [6, 6.07) is 10.0. The quantitative estimate of drug-likeness (QED) is 0.800. The molecule has 0 spiro atoms. The Morgan fingerprint density at radius 2 is 2.12 bits per heavy atom. The number of aliphatic hydroxyl groups is 1. The zero-order valence-corrected chi connectivity index (χ0v) is 15.5. The normalized spacial score (nSPS) is 19.1. The smallest absolute Gasteiger partial charge is 0.322 e. The van der Waals surface area contributed by atoms with Gasteiger partial charge < -0.3 is 20.1 Å². The fraction of sp³-hybridized carbons (Fsp3) is 0.368. The predicted octanol–water partition coefficient (Wildman–Crippen LogP) is 3.65. The van der Waals surface area contributed by atoms with Crippen molar-refractivity contribution < 1.29 is 14.6 Å². The summed E-state index contributed by atoms with van der Waals surface area (Å²) in [7, 11) is 1.60. The number of urea groups is 1. The Kier molecular flexibility index (Phi) is 5.34. The molecule has 0 bridgehead atoms. The Labute approximate surface area is 157 Å². The number of methoxy groups -OCH3 is 1. The van der Waals surface area contributed by atoms with Gasteiger partial charge in [0.2, 0.25) is 0 Å². The number of aromatic nitrogens is 1. The molecule has 1 aromatic carbocycles. The summed E-state index contributed by atoms with van der Waals surface area (Å²) in [6.07, 6.45) is 3.10. The number of hydrogen-bond acceptors (Lipinski definition) is 4. The van der Waals surface area contributed by atoms with Crippen molar-refractivity contribution in [2.75, 3.05) is 19.0 Å². The summed E-state index contributed by atoms with van der Waals surface area (Å²) in [5, 5.41) is 14.2. The third-order valence-electron chi connectivity index (χ3n) is 4.84. The monoisotopic (exact) mass is 375 g/mol. The third kappa shape index (κ3) is 3.61. The molecular weight excluding hydrogens is 354 g/mol. The highest BCUT2D eigenvalue weighted by molar-refractivity contribution is 6.32. The molecule has 1 aliphatic rings. The van der Waals surface area contributed by atoms with Crippen LogP contribution in [0.25, 0.3) is 0 Å². The first-order chi connectivity index (χ1) is 12.4. The van der Waals surface area contributed by atoms with Gasteiger partial charge in [-0.25, -0.2) is 9.78 Å². The molecule has 2 aromatic rings. The lowest BCUT2D eigenvalue weighted by Crippen LogP contribution is -2.49. The number of benzene rings is 1.